The van der Waals surface area contributed by atoms with Crippen molar-refractivity contribution < 1.29 is 9.21 Å². The van der Waals surface area contributed by atoms with E-state index in [9.17, 15) is 4.79 Å². The van der Waals surface area contributed by atoms with Crippen molar-refractivity contribution in [1.29, 1.82) is 0 Å². The van der Waals surface area contributed by atoms with Crippen LogP contribution in [-0.4, -0.2) is 24.9 Å². The lowest BCUT2D eigenvalue weighted by atomic mass is 10.1. The first-order chi connectivity index (χ1) is 7.99. The molecule has 1 aromatic heterocycles. The number of hydrogen-bond donors (Lipinski definition) is 0. The van der Waals surface area contributed by atoms with E-state index in [1.165, 1.54) is 0 Å². The van der Waals surface area contributed by atoms with Gasteiger partial charge in [0, 0.05) is 25.0 Å². The molecule has 0 unspecified atom stereocenters. The summed E-state index contributed by atoms with van der Waals surface area (Å²) in [5.41, 5.74) is 2.88. The number of fused-ring (bicyclic) bond motifs is 1. The van der Waals surface area contributed by atoms with Crippen LogP contribution < -0.4 is 0 Å². The molecule has 0 saturated carbocycles. The van der Waals surface area contributed by atoms with Gasteiger partial charge in [0.05, 0.1) is 6.42 Å². The van der Waals surface area contributed by atoms with Gasteiger partial charge in [0.1, 0.15) is 5.58 Å². The topological polar surface area (TPSA) is 33.5 Å². The molecule has 2 rings (SSSR count). The largest absolute Gasteiger partial charge is 0.449 e. The SMILES string of the molecule is Cc1ccc2oc(Br)c(CC(=O)N(C)C)c2c1. The Hall–Kier alpha value is -1.29. The van der Waals surface area contributed by atoms with Gasteiger partial charge in [-0.2, -0.15) is 0 Å². The Labute approximate surface area is 109 Å². The molecule has 0 radical (unpaired) electrons. The van der Waals surface area contributed by atoms with Crippen molar-refractivity contribution in [3.63, 3.8) is 0 Å². The molecule has 1 heterocycles. The summed E-state index contributed by atoms with van der Waals surface area (Å²) >= 11 is 3.37. The molecule has 3 nitrogen and oxygen atoms in total. The molecule has 90 valence electrons. The van der Waals surface area contributed by atoms with Gasteiger partial charge >= 0.3 is 0 Å². The molecule has 0 spiro atoms. The van der Waals surface area contributed by atoms with Gasteiger partial charge in [-0.25, -0.2) is 0 Å². The monoisotopic (exact) mass is 295 g/mol. The molecule has 1 amide bonds. The van der Waals surface area contributed by atoms with E-state index >= 15 is 0 Å². The van der Waals surface area contributed by atoms with E-state index in [1.807, 2.05) is 25.1 Å². The van der Waals surface area contributed by atoms with Gasteiger partial charge in [0.15, 0.2) is 4.67 Å². The van der Waals surface area contributed by atoms with Gasteiger partial charge in [-0.1, -0.05) is 11.6 Å². The van der Waals surface area contributed by atoms with Gasteiger partial charge in [0.2, 0.25) is 5.91 Å². The normalized spacial score (nSPS) is 10.8. The Kier molecular flexibility index (Phi) is 3.24. The van der Waals surface area contributed by atoms with E-state index in [0.717, 1.165) is 22.1 Å². The van der Waals surface area contributed by atoms with E-state index in [4.69, 9.17) is 4.42 Å². The Morgan fingerprint density at radius 1 is 1.41 bits per heavy atom. The molecular formula is C13H14BrNO2. The molecule has 0 aliphatic rings. The first-order valence-electron chi connectivity index (χ1n) is 5.36. The standard InChI is InChI=1S/C13H14BrNO2/c1-8-4-5-11-9(6-8)10(13(14)17-11)7-12(16)15(2)3/h4-6H,7H2,1-3H3. The summed E-state index contributed by atoms with van der Waals surface area (Å²) in [6.07, 6.45) is 0.351. The lowest BCUT2D eigenvalue weighted by molar-refractivity contribution is -0.127. The second-order valence-corrected chi connectivity index (χ2v) is 5.04. The third kappa shape index (κ3) is 2.36. The molecule has 2 aromatic rings. The molecule has 0 aliphatic carbocycles. The highest BCUT2D eigenvalue weighted by Gasteiger charge is 2.16. The van der Waals surface area contributed by atoms with Gasteiger partial charge in [-0.3, -0.25) is 4.79 Å². The van der Waals surface area contributed by atoms with E-state index in [0.29, 0.717) is 11.1 Å². The lowest BCUT2D eigenvalue weighted by Gasteiger charge is -2.09. The smallest absolute Gasteiger partial charge is 0.226 e. The third-order valence-electron chi connectivity index (χ3n) is 2.72. The number of benzene rings is 1. The summed E-state index contributed by atoms with van der Waals surface area (Å²) in [7, 11) is 3.51. The number of carbonyl (C=O) groups is 1. The van der Waals surface area contributed by atoms with Crippen LogP contribution in [0.4, 0.5) is 0 Å². The Bertz CT molecular complexity index is 572. The summed E-state index contributed by atoms with van der Waals surface area (Å²) < 4.78 is 6.23. The maximum atomic E-state index is 11.8. The minimum atomic E-state index is 0.0647. The van der Waals surface area contributed by atoms with Crippen LogP contribution in [0, 0.1) is 6.92 Å². The number of rotatable bonds is 2. The van der Waals surface area contributed by atoms with Crippen LogP contribution in [-0.2, 0) is 11.2 Å². The molecule has 0 N–H and O–H groups in total. The van der Waals surface area contributed by atoms with Crippen LogP contribution in [0.3, 0.4) is 0 Å². The van der Waals surface area contributed by atoms with Crippen molar-refractivity contribution in [3.8, 4) is 0 Å². The van der Waals surface area contributed by atoms with Gasteiger partial charge in [-0.15, -0.1) is 0 Å². The number of furan rings is 1. The van der Waals surface area contributed by atoms with E-state index in [-0.39, 0.29) is 5.91 Å². The number of nitrogens with zero attached hydrogens (tertiary/aromatic N) is 1. The summed E-state index contributed by atoms with van der Waals surface area (Å²) in [5, 5.41) is 1.01. The van der Waals surface area contributed by atoms with Crippen LogP contribution in [0.5, 0.6) is 0 Å². The van der Waals surface area contributed by atoms with Crippen LogP contribution in [0.15, 0.2) is 27.3 Å². The van der Waals surface area contributed by atoms with Crippen molar-refractivity contribution in [3.05, 3.63) is 34.0 Å². The molecule has 1 aromatic carbocycles. The quantitative estimate of drug-likeness (QED) is 0.853. The van der Waals surface area contributed by atoms with Crippen molar-refractivity contribution in [2.24, 2.45) is 0 Å². The average molecular weight is 296 g/mol. The highest BCUT2D eigenvalue weighted by atomic mass is 79.9. The number of aryl methyl sites for hydroxylation is 1. The highest BCUT2D eigenvalue weighted by molar-refractivity contribution is 9.10. The zero-order chi connectivity index (χ0) is 12.6. The highest BCUT2D eigenvalue weighted by Crippen LogP contribution is 2.31. The maximum Gasteiger partial charge on any atom is 0.226 e. The fourth-order valence-electron chi connectivity index (χ4n) is 1.71. The second-order valence-electron chi connectivity index (χ2n) is 4.32. The lowest BCUT2D eigenvalue weighted by Crippen LogP contribution is -2.23. The molecule has 0 saturated heterocycles. The number of hydrogen-bond acceptors (Lipinski definition) is 2. The molecular weight excluding hydrogens is 282 g/mol. The molecule has 0 bridgehead atoms. The molecule has 0 aliphatic heterocycles. The minimum Gasteiger partial charge on any atom is -0.449 e. The zero-order valence-electron chi connectivity index (χ0n) is 10.1. The van der Waals surface area contributed by atoms with E-state index in [1.54, 1.807) is 19.0 Å². The third-order valence-corrected chi connectivity index (χ3v) is 3.36. The van der Waals surface area contributed by atoms with Crippen LogP contribution in [0.25, 0.3) is 11.0 Å². The van der Waals surface area contributed by atoms with Crippen molar-refractivity contribution in [2.45, 2.75) is 13.3 Å². The van der Waals surface area contributed by atoms with Gasteiger partial charge < -0.3 is 9.32 Å². The van der Waals surface area contributed by atoms with Crippen LogP contribution in [0.2, 0.25) is 0 Å². The van der Waals surface area contributed by atoms with Gasteiger partial charge in [0.25, 0.3) is 0 Å². The first-order valence-corrected chi connectivity index (χ1v) is 6.16. The first kappa shape index (κ1) is 12.2. The van der Waals surface area contributed by atoms with E-state index in [2.05, 4.69) is 15.9 Å². The predicted octanol–water partition coefficient (Wildman–Crippen LogP) is 3.13. The summed E-state index contributed by atoms with van der Waals surface area (Å²) in [6.45, 7) is 2.03. The fraction of sp³-hybridized carbons (Fsp3) is 0.308. The van der Waals surface area contributed by atoms with Crippen LogP contribution >= 0.6 is 15.9 Å². The Morgan fingerprint density at radius 3 is 2.76 bits per heavy atom. The maximum absolute atomic E-state index is 11.8. The Morgan fingerprint density at radius 2 is 2.12 bits per heavy atom. The number of halogens is 1. The molecule has 17 heavy (non-hydrogen) atoms. The summed E-state index contributed by atoms with van der Waals surface area (Å²) in [5.74, 6) is 0.0647. The summed E-state index contributed by atoms with van der Waals surface area (Å²) in [6, 6.07) is 5.97. The number of carbonyl (C=O) groups excluding carboxylic acids is 1. The summed E-state index contributed by atoms with van der Waals surface area (Å²) in [4.78, 5) is 13.3. The van der Waals surface area contributed by atoms with E-state index < -0.39 is 0 Å². The van der Waals surface area contributed by atoms with Crippen molar-refractivity contribution in [1.82, 2.24) is 4.90 Å². The number of amides is 1. The number of likely N-dealkylation sites (N-methyl/N-ethyl adjacent to an activating group) is 1. The fourth-order valence-corrected chi connectivity index (χ4v) is 2.23. The second kappa shape index (κ2) is 4.53. The van der Waals surface area contributed by atoms with Crippen molar-refractivity contribution >= 4 is 32.8 Å². The zero-order valence-corrected chi connectivity index (χ0v) is 11.7. The van der Waals surface area contributed by atoms with Crippen molar-refractivity contribution in [2.75, 3.05) is 14.1 Å². The van der Waals surface area contributed by atoms with Gasteiger partial charge in [-0.05, 0) is 35.0 Å². The Balaban J connectivity index is 2.48. The average Bonchev–Trinajstić information content (AvgIpc) is 2.55. The van der Waals surface area contributed by atoms with Crippen LogP contribution in [0.1, 0.15) is 11.1 Å². The predicted molar refractivity (Wildman–Crippen MR) is 71.0 cm³/mol. The minimum absolute atomic E-state index is 0.0647. The molecule has 4 heteroatoms. The molecule has 0 fully saturated rings. The molecule has 0 atom stereocenters.